The Bertz CT molecular complexity index is 53.2. The molecule has 0 aliphatic carbocycles. The monoisotopic (exact) mass is 134 g/mol. The van der Waals surface area contributed by atoms with Crippen LogP contribution in [0.5, 0.6) is 0 Å². The summed E-state index contributed by atoms with van der Waals surface area (Å²) >= 11 is 4.10. The lowest BCUT2D eigenvalue weighted by Crippen LogP contribution is -2.36. The van der Waals surface area contributed by atoms with Crippen LogP contribution in [0.25, 0.3) is 0 Å². The smallest absolute Gasteiger partial charge is 0.000779 e. The number of rotatable bonds is 3. The molecule has 0 saturated carbocycles. The Hall–Kier alpha value is 0.270. The van der Waals surface area contributed by atoms with Gasteiger partial charge in [-0.3, -0.25) is 0 Å². The Morgan fingerprint density at radius 3 is 1.75 bits per heavy atom. The molecule has 0 bridgehead atoms. The summed E-state index contributed by atoms with van der Waals surface area (Å²) in [4.78, 5) is 0. The van der Waals surface area contributed by atoms with Crippen LogP contribution in [-0.4, -0.2) is 18.8 Å². The number of hydrogen-bond donors (Lipinski definition) is 3. The molecule has 50 valence electrons. The molecule has 0 aromatic rings. The molecule has 0 aromatic carbocycles. The number of thiol groups is 1. The standard InChI is InChI=1S/C5H14N2S/c1-5(2-6,3-7)4-8/h8H,2-4,6-7H2,1H3. The molecule has 3 heteroatoms. The first-order valence-corrected chi connectivity index (χ1v) is 3.33. The van der Waals surface area contributed by atoms with E-state index in [9.17, 15) is 0 Å². The van der Waals surface area contributed by atoms with E-state index in [-0.39, 0.29) is 5.41 Å². The summed E-state index contributed by atoms with van der Waals surface area (Å²) in [5.74, 6) is 0.764. The summed E-state index contributed by atoms with van der Waals surface area (Å²) in [5, 5.41) is 0. The first-order valence-electron chi connectivity index (χ1n) is 2.69. The summed E-state index contributed by atoms with van der Waals surface area (Å²) < 4.78 is 0. The molecule has 0 rings (SSSR count). The molecule has 0 spiro atoms. The molecule has 0 aromatic heterocycles. The van der Waals surface area contributed by atoms with E-state index in [2.05, 4.69) is 12.6 Å². The number of hydrogen-bond acceptors (Lipinski definition) is 3. The van der Waals surface area contributed by atoms with Gasteiger partial charge in [-0.05, 0) is 18.8 Å². The van der Waals surface area contributed by atoms with Gasteiger partial charge >= 0.3 is 0 Å². The van der Waals surface area contributed by atoms with Gasteiger partial charge in [-0.1, -0.05) is 6.92 Å². The first kappa shape index (κ1) is 8.27. The minimum Gasteiger partial charge on any atom is -0.330 e. The number of nitrogens with two attached hydrogens (primary N) is 2. The molecule has 8 heavy (non-hydrogen) atoms. The zero-order valence-electron chi connectivity index (χ0n) is 5.22. The molecule has 0 radical (unpaired) electrons. The Balaban J connectivity index is 3.58. The Labute approximate surface area is 56.0 Å². The van der Waals surface area contributed by atoms with Gasteiger partial charge in [0.05, 0.1) is 0 Å². The van der Waals surface area contributed by atoms with Crippen molar-refractivity contribution in [3.63, 3.8) is 0 Å². The van der Waals surface area contributed by atoms with Crippen LogP contribution in [0.3, 0.4) is 0 Å². The highest BCUT2D eigenvalue weighted by atomic mass is 32.1. The van der Waals surface area contributed by atoms with Crippen molar-refractivity contribution in [3.05, 3.63) is 0 Å². The lowest BCUT2D eigenvalue weighted by atomic mass is 9.94. The molecule has 0 fully saturated rings. The third kappa shape index (κ3) is 2.03. The third-order valence-corrected chi connectivity index (χ3v) is 2.13. The molecular weight excluding hydrogens is 120 g/mol. The van der Waals surface area contributed by atoms with Gasteiger partial charge in [-0.25, -0.2) is 0 Å². The molecular formula is C5H14N2S. The zero-order chi connectivity index (χ0) is 6.62. The van der Waals surface area contributed by atoms with Crippen LogP contribution in [0.15, 0.2) is 0 Å². The molecule has 0 saturated heterocycles. The molecule has 0 unspecified atom stereocenters. The fraction of sp³-hybridized carbons (Fsp3) is 1.00. The predicted octanol–water partition coefficient (Wildman–Crippen LogP) is -0.160. The topological polar surface area (TPSA) is 52.0 Å². The average Bonchev–Trinajstić information content (AvgIpc) is 1.87. The highest BCUT2D eigenvalue weighted by Gasteiger charge is 2.17. The van der Waals surface area contributed by atoms with Crippen molar-refractivity contribution in [2.45, 2.75) is 6.92 Å². The van der Waals surface area contributed by atoms with Crippen molar-refractivity contribution < 1.29 is 0 Å². The van der Waals surface area contributed by atoms with E-state index in [1.165, 1.54) is 0 Å². The maximum Gasteiger partial charge on any atom is 0.000779 e. The second kappa shape index (κ2) is 3.33. The molecule has 0 atom stereocenters. The van der Waals surface area contributed by atoms with Crippen LogP contribution in [0.1, 0.15) is 6.92 Å². The highest BCUT2D eigenvalue weighted by molar-refractivity contribution is 7.80. The Kier molecular flexibility index (Phi) is 3.44. The quantitative estimate of drug-likeness (QED) is 0.470. The van der Waals surface area contributed by atoms with Crippen molar-refractivity contribution in [2.75, 3.05) is 18.8 Å². The summed E-state index contributed by atoms with van der Waals surface area (Å²) in [6.45, 7) is 3.26. The third-order valence-electron chi connectivity index (χ3n) is 1.37. The molecule has 0 amide bonds. The van der Waals surface area contributed by atoms with Crippen molar-refractivity contribution in [2.24, 2.45) is 16.9 Å². The van der Waals surface area contributed by atoms with E-state index in [1.54, 1.807) is 0 Å². The maximum atomic E-state index is 5.40. The normalized spacial score (nSPS) is 12.0. The van der Waals surface area contributed by atoms with Gasteiger partial charge in [0.1, 0.15) is 0 Å². The molecule has 0 aliphatic rings. The van der Waals surface area contributed by atoms with E-state index in [1.807, 2.05) is 6.92 Å². The van der Waals surface area contributed by atoms with E-state index in [0.717, 1.165) is 5.75 Å². The lowest BCUT2D eigenvalue weighted by molar-refractivity contribution is 0.403. The SMILES string of the molecule is CC(CN)(CN)CS. The lowest BCUT2D eigenvalue weighted by Gasteiger charge is -2.22. The summed E-state index contributed by atoms with van der Waals surface area (Å²) in [6.07, 6.45) is 0. The van der Waals surface area contributed by atoms with Gasteiger partial charge in [0.25, 0.3) is 0 Å². The van der Waals surface area contributed by atoms with E-state index < -0.39 is 0 Å². The van der Waals surface area contributed by atoms with Crippen LogP contribution >= 0.6 is 12.6 Å². The van der Waals surface area contributed by atoms with Crippen LogP contribution in [0.2, 0.25) is 0 Å². The molecule has 0 heterocycles. The Morgan fingerprint density at radius 2 is 1.75 bits per heavy atom. The van der Waals surface area contributed by atoms with Crippen molar-refractivity contribution >= 4 is 12.6 Å². The van der Waals surface area contributed by atoms with Crippen LogP contribution in [0, 0.1) is 5.41 Å². The zero-order valence-corrected chi connectivity index (χ0v) is 6.12. The van der Waals surface area contributed by atoms with Crippen LogP contribution < -0.4 is 11.5 Å². The molecule has 4 N–H and O–H groups in total. The summed E-state index contributed by atoms with van der Waals surface area (Å²) in [7, 11) is 0. The van der Waals surface area contributed by atoms with Crippen molar-refractivity contribution in [1.82, 2.24) is 0 Å². The fourth-order valence-electron chi connectivity index (χ4n) is 0.212. The fourth-order valence-corrected chi connectivity index (χ4v) is 0.471. The van der Waals surface area contributed by atoms with Gasteiger partial charge in [-0.2, -0.15) is 12.6 Å². The minimum atomic E-state index is 0.0448. The first-order chi connectivity index (χ1) is 3.68. The largest absolute Gasteiger partial charge is 0.330 e. The Morgan fingerprint density at radius 1 is 1.38 bits per heavy atom. The van der Waals surface area contributed by atoms with Gasteiger partial charge in [-0.15, -0.1) is 0 Å². The minimum absolute atomic E-state index is 0.0448. The van der Waals surface area contributed by atoms with E-state index >= 15 is 0 Å². The van der Waals surface area contributed by atoms with Gasteiger partial charge in [0.15, 0.2) is 0 Å². The van der Waals surface area contributed by atoms with Crippen molar-refractivity contribution in [3.8, 4) is 0 Å². The summed E-state index contributed by atoms with van der Waals surface area (Å²) in [6, 6.07) is 0. The molecule has 2 nitrogen and oxygen atoms in total. The average molecular weight is 134 g/mol. The second-order valence-electron chi connectivity index (χ2n) is 2.38. The van der Waals surface area contributed by atoms with E-state index in [4.69, 9.17) is 11.5 Å². The molecule has 0 aliphatic heterocycles. The van der Waals surface area contributed by atoms with Gasteiger partial charge in [0.2, 0.25) is 0 Å². The van der Waals surface area contributed by atoms with Crippen molar-refractivity contribution in [1.29, 1.82) is 0 Å². The van der Waals surface area contributed by atoms with Gasteiger partial charge < -0.3 is 11.5 Å². The van der Waals surface area contributed by atoms with E-state index in [0.29, 0.717) is 13.1 Å². The highest BCUT2D eigenvalue weighted by Crippen LogP contribution is 2.12. The van der Waals surface area contributed by atoms with Crippen LogP contribution in [0.4, 0.5) is 0 Å². The maximum absolute atomic E-state index is 5.40. The second-order valence-corrected chi connectivity index (χ2v) is 2.69. The predicted molar refractivity (Wildman–Crippen MR) is 40.1 cm³/mol. The van der Waals surface area contributed by atoms with Gasteiger partial charge in [0, 0.05) is 5.41 Å². The summed E-state index contributed by atoms with van der Waals surface area (Å²) in [5.41, 5.74) is 10.8. The van der Waals surface area contributed by atoms with Crippen LogP contribution in [-0.2, 0) is 0 Å².